The van der Waals surface area contributed by atoms with Crippen molar-refractivity contribution in [3.63, 3.8) is 0 Å². The molecule has 23 heavy (non-hydrogen) atoms. The standard InChI is InChI=1S/C20H31N3/c1-2-5-18(6-3-1)15-22-12-7-19(8-13-22)23-14-10-20(17-23)9-4-11-21-16-20/h1-3,5-6,19,21H,4,7-17H2/t20-/m0/s1. The Bertz CT molecular complexity index is 487. The molecule has 0 bridgehead atoms. The molecule has 3 heterocycles. The molecule has 1 spiro atoms. The number of rotatable bonds is 3. The third-order valence-corrected chi connectivity index (χ3v) is 6.35. The summed E-state index contributed by atoms with van der Waals surface area (Å²) < 4.78 is 0. The van der Waals surface area contributed by atoms with E-state index in [1.807, 2.05) is 0 Å². The summed E-state index contributed by atoms with van der Waals surface area (Å²) in [5.41, 5.74) is 2.07. The lowest BCUT2D eigenvalue weighted by Crippen LogP contribution is -2.46. The predicted molar refractivity (Wildman–Crippen MR) is 95.5 cm³/mol. The van der Waals surface area contributed by atoms with E-state index in [9.17, 15) is 0 Å². The van der Waals surface area contributed by atoms with Crippen molar-refractivity contribution in [3.05, 3.63) is 35.9 Å². The summed E-state index contributed by atoms with van der Waals surface area (Å²) in [5, 5.41) is 3.64. The fourth-order valence-electron chi connectivity index (χ4n) is 4.94. The van der Waals surface area contributed by atoms with Gasteiger partial charge in [0.05, 0.1) is 0 Å². The molecule has 126 valence electrons. The van der Waals surface area contributed by atoms with Gasteiger partial charge in [0, 0.05) is 25.7 Å². The highest BCUT2D eigenvalue weighted by Crippen LogP contribution is 2.38. The van der Waals surface area contributed by atoms with E-state index in [2.05, 4.69) is 45.4 Å². The number of nitrogens with zero attached hydrogens (tertiary/aromatic N) is 2. The molecule has 3 aliphatic rings. The Morgan fingerprint density at radius 2 is 1.87 bits per heavy atom. The third kappa shape index (κ3) is 3.62. The fraction of sp³-hybridized carbons (Fsp3) is 0.700. The minimum absolute atomic E-state index is 0.611. The molecular formula is C20H31N3. The maximum absolute atomic E-state index is 3.64. The molecule has 1 aromatic carbocycles. The summed E-state index contributed by atoms with van der Waals surface area (Å²) in [7, 11) is 0. The van der Waals surface area contributed by atoms with E-state index < -0.39 is 0 Å². The maximum Gasteiger partial charge on any atom is 0.0233 e. The molecule has 3 nitrogen and oxygen atoms in total. The van der Waals surface area contributed by atoms with Crippen LogP contribution in [0.2, 0.25) is 0 Å². The van der Waals surface area contributed by atoms with Crippen molar-refractivity contribution in [1.82, 2.24) is 15.1 Å². The van der Waals surface area contributed by atoms with Gasteiger partial charge in [-0.05, 0) is 69.3 Å². The average molecular weight is 313 g/mol. The number of hydrogen-bond donors (Lipinski definition) is 1. The van der Waals surface area contributed by atoms with Gasteiger partial charge in [0.15, 0.2) is 0 Å². The molecule has 0 aliphatic carbocycles. The molecule has 3 aliphatic heterocycles. The van der Waals surface area contributed by atoms with Crippen molar-refractivity contribution in [2.75, 3.05) is 39.3 Å². The van der Waals surface area contributed by atoms with Crippen LogP contribution in [0.1, 0.15) is 37.7 Å². The Kier molecular flexibility index (Phi) is 4.70. The van der Waals surface area contributed by atoms with E-state index >= 15 is 0 Å². The first-order valence-corrected chi connectivity index (χ1v) is 9.54. The summed E-state index contributed by atoms with van der Waals surface area (Å²) in [6, 6.07) is 11.8. The molecule has 0 amide bonds. The molecule has 1 N–H and O–H groups in total. The van der Waals surface area contributed by atoms with E-state index in [1.54, 1.807) is 0 Å². The molecule has 3 saturated heterocycles. The van der Waals surface area contributed by atoms with Gasteiger partial charge in [-0.1, -0.05) is 30.3 Å². The van der Waals surface area contributed by atoms with Gasteiger partial charge in [0.2, 0.25) is 0 Å². The van der Waals surface area contributed by atoms with Gasteiger partial charge >= 0.3 is 0 Å². The Morgan fingerprint density at radius 3 is 2.61 bits per heavy atom. The Balaban J connectivity index is 1.27. The van der Waals surface area contributed by atoms with Crippen LogP contribution >= 0.6 is 0 Å². The van der Waals surface area contributed by atoms with E-state index in [4.69, 9.17) is 0 Å². The van der Waals surface area contributed by atoms with Gasteiger partial charge in [0.25, 0.3) is 0 Å². The number of piperidine rings is 2. The van der Waals surface area contributed by atoms with Gasteiger partial charge in [-0.15, -0.1) is 0 Å². The van der Waals surface area contributed by atoms with Gasteiger partial charge < -0.3 is 5.32 Å². The molecule has 3 heteroatoms. The van der Waals surface area contributed by atoms with E-state index in [-0.39, 0.29) is 0 Å². The zero-order chi connectivity index (χ0) is 15.5. The second kappa shape index (κ2) is 6.92. The summed E-state index contributed by atoms with van der Waals surface area (Å²) in [4.78, 5) is 5.46. The van der Waals surface area contributed by atoms with Crippen molar-refractivity contribution in [1.29, 1.82) is 0 Å². The van der Waals surface area contributed by atoms with E-state index in [1.165, 1.54) is 76.9 Å². The summed E-state index contributed by atoms with van der Waals surface area (Å²) in [5.74, 6) is 0. The largest absolute Gasteiger partial charge is 0.316 e. The number of likely N-dealkylation sites (tertiary alicyclic amines) is 2. The highest BCUT2D eigenvalue weighted by atomic mass is 15.2. The maximum atomic E-state index is 3.64. The van der Waals surface area contributed by atoms with Crippen LogP contribution in [0.3, 0.4) is 0 Å². The zero-order valence-corrected chi connectivity index (χ0v) is 14.3. The first-order chi connectivity index (χ1) is 11.3. The lowest BCUT2D eigenvalue weighted by Gasteiger charge is -2.39. The molecule has 1 atom stereocenters. The van der Waals surface area contributed by atoms with Crippen LogP contribution in [0.4, 0.5) is 0 Å². The minimum atomic E-state index is 0.611. The van der Waals surface area contributed by atoms with Crippen LogP contribution < -0.4 is 5.32 Å². The normalized spacial score (nSPS) is 31.0. The third-order valence-electron chi connectivity index (χ3n) is 6.35. The van der Waals surface area contributed by atoms with E-state index in [0.29, 0.717) is 5.41 Å². The topological polar surface area (TPSA) is 18.5 Å². The first kappa shape index (κ1) is 15.6. The Labute approximate surface area is 141 Å². The van der Waals surface area contributed by atoms with Gasteiger partial charge in [-0.3, -0.25) is 9.80 Å². The highest BCUT2D eigenvalue weighted by molar-refractivity contribution is 5.14. The molecular weight excluding hydrogens is 282 g/mol. The summed E-state index contributed by atoms with van der Waals surface area (Å²) >= 11 is 0. The quantitative estimate of drug-likeness (QED) is 0.926. The molecule has 3 fully saturated rings. The molecule has 0 saturated carbocycles. The SMILES string of the molecule is c1ccc(CN2CCC(N3CC[C@]4(CCCNC4)C3)CC2)cc1. The molecule has 0 unspecified atom stereocenters. The number of hydrogen-bond acceptors (Lipinski definition) is 3. The van der Waals surface area contributed by atoms with Crippen molar-refractivity contribution in [2.24, 2.45) is 5.41 Å². The van der Waals surface area contributed by atoms with Gasteiger partial charge in [-0.2, -0.15) is 0 Å². The lowest BCUT2D eigenvalue weighted by atomic mass is 9.80. The molecule has 0 aromatic heterocycles. The predicted octanol–water partition coefficient (Wildman–Crippen LogP) is 2.73. The number of nitrogens with one attached hydrogen (secondary N) is 1. The Hall–Kier alpha value is -0.900. The van der Waals surface area contributed by atoms with Gasteiger partial charge in [-0.25, -0.2) is 0 Å². The number of benzene rings is 1. The van der Waals surface area contributed by atoms with Crippen LogP contribution in [0.5, 0.6) is 0 Å². The second-order valence-electron chi connectivity index (χ2n) is 7.99. The van der Waals surface area contributed by atoms with Crippen LogP contribution in [-0.4, -0.2) is 55.1 Å². The van der Waals surface area contributed by atoms with Crippen LogP contribution in [0.15, 0.2) is 30.3 Å². The molecule has 0 radical (unpaired) electrons. The second-order valence-corrected chi connectivity index (χ2v) is 7.99. The summed E-state index contributed by atoms with van der Waals surface area (Å²) in [6.07, 6.45) is 6.96. The van der Waals surface area contributed by atoms with Crippen LogP contribution in [-0.2, 0) is 6.54 Å². The van der Waals surface area contributed by atoms with Crippen molar-refractivity contribution >= 4 is 0 Å². The minimum Gasteiger partial charge on any atom is -0.316 e. The van der Waals surface area contributed by atoms with Gasteiger partial charge in [0.1, 0.15) is 0 Å². The average Bonchev–Trinajstić information content (AvgIpc) is 3.01. The van der Waals surface area contributed by atoms with Crippen molar-refractivity contribution in [2.45, 2.75) is 44.7 Å². The van der Waals surface area contributed by atoms with E-state index in [0.717, 1.165) is 12.6 Å². The fourth-order valence-corrected chi connectivity index (χ4v) is 4.94. The lowest BCUT2D eigenvalue weighted by molar-refractivity contribution is 0.106. The highest BCUT2D eigenvalue weighted by Gasteiger charge is 2.41. The summed E-state index contributed by atoms with van der Waals surface area (Å²) in [6.45, 7) is 8.84. The molecule has 4 rings (SSSR count). The molecule has 1 aromatic rings. The first-order valence-electron chi connectivity index (χ1n) is 9.54. The monoisotopic (exact) mass is 313 g/mol. The zero-order valence-electron chi connectivity index (χ0n) is 14.3. The van der Waals surface area contributed by atoms with Crippen molar-refractivity contribution < 1.29 is 0 Å². The Morgan fingerprint density at radius 1 is 1.04 bits per heavy atom. The van der Waals surface area contributed by atoms with Crippen LogP contribution in [0, 0.1) is 5.41 Å². The smallest absolute Gasteiger partial charge is 0.0233 e. The van der Waals surface area contributed by atoms with Crippen LogP contribution in [0.25, 0.3) is 0 Å². The van der Waals surface area contributed by atoms with Crippen molar-refractivity contribution in [3.8, 4) is 0 Å².